The number of rotatable bonds is 0. The van der Waals surface area contributed by atoms with Gasteiger partial charge in [-0.3, -0.25) is 0 Å². The van der Waals surface area contributed by atoms with E-state index in [0.717, 1.165) is 6.42 Å². The number of aliphatic hydroxyl groups excluding tert-OH is 1. The molecule has 2 aliphatic rings. The summed E-state index contributed by atoms with van der Waals surface area (Å²) in [6.07, 6.45) is 3.09. The van der Waals surface area contributed by atoms with E-state index < -0.39 is 14.7 Å². The van der Waals surface area contributed by atoms with Gasteiger partial charge in [0.25, 0.3) is 0 Å². The molecule has 0 aromatic heterocycles. The van der Waals surface area contributed by atoms with Gasteiger partial charge in [0, 0.05) is 12.6 Å². The number of hydrogen-bond donors (Lipinski definition) is 1. The summed E-state index contributed by atoms with van der Waals surface area (Å²) < 4.78 is 11.1. The highest BCUT2D eigenvalue weighted by Gasteiger charge is 2.42. The molecule has 1 aliphatic carbocycles. The smallest absolute Gasteiger partial charge is 0.169 e. The Hall–Kier alpha value is 0.310. The first kappa shape index (κ1) is 9.85. The maximum atomic E-state index is 9.71. The van der Waals surface area contributed by atoms with Gasteiger partial charge < -0.3 is 14.2 Å². The van der Waals surface area contributed by atoms with Crippen LogP contribution in [0.1, 0.15) is 26.2 Å². The molecule has 1 saturated carbocycles. The largest absolute Gasteiger partial charge is 0.367 e. The lowest BCUT2D eigenvalue weighted by Crippen LogP contribution is -2.44. The summed E-state index contributed by atoms with van der Waals surface area (Å²) in [5, 5.41) is 9.71. The lowest BCUT2D eigenvalue weighted by atomic mass is 9.79. The third-order valence-electron chi connectivity index (χ3n) is 3.07. The van der Waals surface area contributed by atoms with Crippen molar-refractivity contribution in [2.24, 2.45) is 11.8 Å². The van der Waals surface area contributed by atoms with Gasteiger partial charge >= 0.3 is 0 Å². The quantitative estimate of drug-likeness (QED) is 0.614. The Labute approximate surface area is 80.3 Å². The summed E-state index contributed by atoms with van der Waals surface area (Å²) in [6.45, 7) is 4.12. The summed E-state index contributed by atoms with van der Waals surface area (Å²) in [5.41, 5.74) is 0. The molecule has 5 atom stereocenters. The van der Waals surface area contributed by atoms with Crippen molar-refractivity contribution in [2.75, 3.05) is 6.66 Å². The highest BCUT2D eigenvalue weighted by Crippen LogP contribution is 2.50. The van der Waals surface area contributed by atoms with Crippen molar-refractivity contribution in [3.63, 3.8) is 0 Å². The Kier molecular flexibility index (Phi) is 2.89. The molecular weight excluding hydrogens is 187 g/mol. The lowest BCUT2D eigenvalue weighted by Gasteiger charge is -2.43. The zero-order chi connectivity index (χ0) is 9.42. The second kappa shape index (κ2) is 3.82. The van der Waals surface area contributed by atoms with Crippen molar-refractivity contribution < 1.29 is 14.2 Å². The van der Waals surface area contributed by atoms with E-state index in [1.54, 1.807) is 0 Å². The number of fused-ring (bicyclic) bond motifs is 1. The monoisotopic (exact) mass is 204 g/mol. The second-order valence-electron chi connectivity index (χ2n) is 4.08. The molecule has 0 bridgehead atoms. The average molecular weight is 204 g/mol. The van der Waals surface area contributed by atoms with Gasteiger partial charge in [0.2, 0.25) is 0 Å². The van der Waals surface area contributed by atoms with E-state index in [1.807, 2.05) is 6.66 Å². The third-order valence-corrected chi connectivity index (χ3v) is 4.13. The van der Waals surface area contributed by atoms with Crippen LogP contribution in [-0.2, 0) is 9.05 Å². The van der Waals surface area contributed by atoms with Crippen LogP contribution >= 0.6 is 8.38 Å². The van der Waals surface area contributed by atoms with E-state index in [9.17, 15) is 5.11 Å². The van der Waals surface area contributed by atoms with Crippen LogP contribution in [-0.4, -0.2) is 24.2 Å². The van der Waals surface area contributed by atoms with E-state index >= 15 is 0 Å². The first-order chi connectivity index (χ1) is 6.18. The normalized spacial score (nSPS) is 51.5. The summed E-state index contributed by atoms with van der Waals surface area (Å²) in [6, 6.07) is 0. The fraction of sp³-hybridized carbons (Fsp3) is 1.00. The van der Waals surface area contributed by atoms with E-state index in [2.05, 4.69) is 6.92 Å². The zero-order valence-electron chi connectivity index (χ0n) is 8.14. The minimum atomic E-state index is -0.851. The highest BCUT2D eigenvalue weighted by atomic mass is 31.2. The molecule has 3 nitrogen and oxygen atoms in total. The van der Waals surface area contributed by atoms with Crippen LogP contribution in [0.2, 0.25) is 0 Å². The van der Waals surface area contributed by atoms with Crippen LogP contribution in [0.5, 0.6) is 0 Å². The molecule has 4 heteroatoms. The van der Waals surface area contributed by atoms with Crippen molar-refractivity contribution in [3.05, 3.63) is 0 Å². The molecule has 1 aliphatic heterocycles. The van der Waals surface area contributed by atoms with E-state index in [1.165, 1.54) is 12.8 Å². The van der Waals surface area contributed by atoms with Crippen LogP contribution < -0.4 is 0 Å². The molecule has 76 valence electrons. The third kappa shape index (κ3) is 1.89. The van der Waals surface area contributed by atoms with Crippen LogP contribution in [0, 0.1) is 11.8 Å². The summed E-state index contributed by atoms with van der Waals surface area (Å²) in [5.74, 6) is 0.782. The molecule has 13 heavy (non-hydrogen) atoms. The molecule has 2 fully saturated rings. The van der Waals surface area contributed by atoms with E-state index in [-0.39, 0.29) is 12.0 Å². The van der Waals surface area contributed by atoms with Gasteiger partial charge in [-0.25, -0.2) is 0 Å². The van der Waals surface area contributed by atoms with Gasteiger partial charge in [-0.15, -0.1) is 0 Å². The fourth-order valence-corrected chi connectivity index (χ4v) is 3.56. The first-order valence-corrected chi connectivity index (χ1v) is 6.56. The SMILES string of the molecule is CC1CCCC2C(O)OP(C)OC12. The van der Waals surface area contributed by atoms with Crippen LogP contribution in [0.3, 0.4) is 0 Å². The van der Waals surface area contributed by atoms with Crippen molar-refractivity contribution in [2.45, 2.75) is 38.6 Å². The molecular formula is C9H17O3P. The minimum Gasteiger partial charge on any atom is -0.367 e. The fourth-order valence-electron chi connectivity index (χ4n) is 2.34. The lowest BCUT2D eigenvalue weighted by molar-refractivity contribution is -0.148. The Bertz CT molecular complexity index is 188. The Morgan fingerprint density at radius 1 is 1.31 bits per heavy atom. The number of hydrogen-bond acceptors (Lipinski definition) is 3. The molecule has 1 N–H and O–H groups in total. The second-order valence-corrected chi connectivity index (χ2v) is 5.38. The molecule has 2 rings (SSSR count). The predicted octanol–water partition coefficient (Wildman–Crippen LogP) is 2.10. The topological polar surface area (TPSA) is 38.7 Å². The molecule has 0 amide bonds. The van der Waals surface area contributed by atoms with Gasteiger partial charge in [0.1, 0.15) is 0 Å². The minimum absolute atomic E-state index is 0.211. The molecule has 1 heterocycles. The Balaban J connectivity index is 2.08. The van der Waals surface area contributed by atoms with E-state index in [0.29, 0.717) is 5.92 Å². The number of aliphatic hydroxyl groups is 1. The molecule has 5 unspecified atom stereocenters. The van der Waals surface area contributed by atoms with Crippen molar-refractivity contribution in [3.8, 4) is 0 Å². The van der Waals surface area contributed by atoms with Crippen LogP contribution in [0.25, 0.3) is 0 Å². The van der Waals surface area contributed by atoms with Gasteiger partial charge in [0.15, 0.2) is 14.7 Å². The van der Waals surface area contributed by atoms with Gasteiger partial charge in [-0.05, 0) is 18.8 Å². The van der Waals surface area contributed by atoms with Crippen LogP contribution in [0.4, 0.5) is 0 Å². The van der Waals surface area contributed by atoms with Crippen LogP contribution in [0.15, 0.2) is 0 Å². The van der Waals surface area contributed by atoms with Gasteiger partial charge in [-0.2, -0.15) is 0 Å². The molecule has 0 spiro atoms. The summed E-state index contributed by atoms with van der Waals surface area (Å²) in [7, 11) is -0.851. The molecule has 0 aromatic rings. The van der Waals surface area contributed by atoms with Gasteiger partial charge in [-0.1, -0.05) is 13.3 Å². The van der Waals surface area contributed by atoms with Crippen molar-refractivity contribution in [1.29, 1.82) is 0 Å². The standard InChI is InChI=1S/C9H17O3P/c1-6-4-3-5-7-8(6)11-13(2)12-9(7)10/h6-10H,3-5H2,1-2H3. The van der Waals surface area contributed by atoms with Gasteiger partial charge in [0.05, 0.1) is 6.10 Å². The first-order valence-electron chi connectivity index (χ1n) is 4.94. The molecule has 0 aromatic carbocycles. The van der Waals surface area contributed by atoms with Crippen molar-refractivity contribution in [1.82, 2.24) is 0 Å². The zero-order valence-corrected chi connectivity index (χ0v) is 9.04. The maximum absolute atomic E-state index is 9.71. The average Bonchev–Trinajstić information content (AvgIpc) is 2.07. The van der Waals surface area contributed by atoms with E-state index in [4.69, 9.17) is 9.05 Å². The molecule has 0 radical (unpaired) electrons. The Morgan fingerprint density at radius 3 is 2.85 bits per heavy atom. The predicted molar refractivity (Wildman–Crippen MR) is 51.3 cm³/mol. The molecule has 1 saturated heterocycles. The summed E-state index contributed by atoms with van der Waals surface area (Å²) in [4.78, 5) is 0. The highest BCUT2D eigenvalue weighted by molar-refractivity contribution is 7.46. The maximum Gasteiger partial charge on any atom is 0.169 e. The summed E-state index contributed by atoms with van der Waals surface area (Å²) >= 11 is 0. The Morgan fingerprint density at radius 2 is 2.08 bits per heavy atom. The van der Waals surface area contributed by atoms with Crippen molar-refractivity contribution >= 4 is 8.38 Å².